The van der Waals surface area contributed by atoms with E-state index in [0.29, 0.717) is 31.2 Å². The lowest BCUT2D eigenvalue weighted by Crippen LogP contribution is -2.42. The van der Waals surface area contributed by atoms with Gasteiger partial charge in [-0.05, 0) is 38.8 Å². The van der Waals surface area contributed by atoms with E-state index >= 15 is 0 Å². The number of carboxylic acid groups (broad SMARTS) is 1. The highest BCUT2D eigenvalue weighted by Crippen LogP contribution is 2.27. The molecule has 4 N–H and O–H groups in total. The van der Waals surface area contributed by atoms with Crippen molar-refractivity contribution in [2.75, 3.05) is 19.5 Å². The largest absolute Gasteiger partial charge is 0.508 e. The molecule has 0 saturated carbocycles. The number of aliphatic hydroxyl groups excluding tert-OH is 1. The van der Waals surface area contributed by atoms with Gasteiger partial charge >= 0.3 is 18.1 Å². The summed E-state index contributed by atoms with van der Waals surface area (Å²) < 4.78 is 22.4. The van der Waals surface area contributed by atoms with Gasteiger partial charge in [0.1, 0.15) is 30.7 Å². The second kappa shape index (κ2) is 14.2. The minimum atomic E-state index is -1.42. The highest BCUT2D eigenvalue weighted by atomic mass is 16.7. The maximum Gasteiger partial charge on any atom is 0.508 e. The fourth-order valence-corrected chi connectivity index (χ4v) is 3.49. The molecule has 0 aromatic carbocycles. The summed E-state index contributed by atoms with van der Waals surface area (Å²) in [6.45, 7) is 2.97. The zero-order valence-corrected chi connectivity index (χ0v) is 20.7. The van der Waals surface area contributed by atoms with Crippen LogP contribution in [0.2, 0.25) is 0 Å². The first kappa shape index (κ1) is 28.8. The maximum atomic E-state index is 12.6. The first-order valence-electron chi connectivity index (χ1n) is 11.7. The molecule has 0 fully saturated rings. The number of hydrogen-bond donors (Lipinski definition) is 3. The van der Waals surface area contributed by atoms with Crippen molar-refractivity contribution >= 4 is 29.4 Å². The van der Waals surface area contributed by atoms with Gasteiger partial charge in [-0.25, -0.2) is 14.3 Å². The quantitative estimate of drug-likeness (QED) is 0.235. The van der Waals surface area contributed by atoms with Crippen molar-refractivity contribution in [3.63, 3.8) is 0 Å². The molecular formula is C23H34N4O9. The summed E-state index contributed by atoms with van der Waals surface area (Å²) in [7, 11) is 1.33. The lowest BCUT2D eigenvalue weighted by molar-refractivity contribution is -0.171. The van der Waals surface area contributed by atoms with Crippen LogP contribution in [0.25, 0.3) is 5.52 Å². The Hall–Kier alpha value is -3.45. The van der Waals surface area contributed by atoms with Gasteiger partial charge in [0.2, 0.25) is 0 Å². The van der Waals surface area contributed by atoms with E-state index < -0.39 is 42.5 Å². The van der Waals surface area contributed by atoms with Crippen LogP contribution < -0.4 is 5.73 Å². The number of ether oxygens (including phenoxy) is 4. The van der Waals surface area contributed by atoms with E-state index in [0.717, 1.165) is 0 Å². The summed E-state index contributed by atoms with van der Waals surface area (Å²) in [6.07, 6.45) is -1.39. The number of methoxy groups -OCH3 is 1. The molecule has 0 saturated heterocycles. The van der Waals surface area contributed by atoms with Crippen molar-refractivity contribution < 1.29 is 43.5 Å². The van der Waals surface area contributed by atoms with Gasteiger partial charge in [-0.1, -0.05) is 12.8 Å². The van der Waals surface area contributed by atoms with Crippen molar-refractivity contribution in [3.05, 3.63) is 24.2 Å². The summed E-state index contributed by atoms with van der Waals surface area (Å²) in [6, 6.07) is 3.18. The number of rotatable bonds is 15. The molecule has 0 aliphatic carbocycles. The Labute approximate surface area is 208 Å². The van der Waals surface area contributed by atoms with Crippen LogP contribution in [0, 0.1) is 0 Å². The third kappa shape index (κ3) is 8.64. The van der Waals surface area contributed by atoms with Gasteiger partial charge in [-0.3, -0.25) is 9.59 Å². The van der Waals surface area contributed by atoms with Crippen molar-refractivity contribution in [1.29, 1.82) is 0 Å². The van der Waals surface area contributed by atoms with Crippen molar-refractivity contribution in [2.45, 2.75) is 76.8 Å². The molecule has 36 heavy (non-hydrogen) atoms. The number of nitrogens with two attached hydrogens (primary N) is 1. The second-order valence-corrected chi connectivity index (χ2v) is 8.41. The summed E-state index contributed by atoms with van der Waals surface area (Å²) in [5.41, 5.74) is 6.58. The summed E-state index contributed by atoms with van der Waals surface area (Å²) >= 11 is 0. The number of unbranched alkanes of at least 4 members (excludes halogenated alkanes) is 3. The molecule has 13 nitrogen and oxygen atoms in total. The molecule has 0 spiro atoms. The molecule has 0 aliphatic rings. The maximum absolute atomic E-state index is 12.6. The van der Waals surface area contributed by atoms with E-state index in [1.807, 2.05) is 0 Å². The fourth-order valence-electron chi connectivity index (χ4n) is 3.49. The second-order valence-electron chi connectivity index (χ2n) is 8.41. The number of fused-ring (bicyclic) bond motifs is 1. The van der Waals surface area contributed by atoms with Crippen LogP contribution in [0.4, 0.5) is 10.6 Å². The molecule has 0 bridgehead atoms. The normalized spacial score (nSPS) is 13.8. The monoisotopic (exact) mass is 510 g/mol. The zero-order chi connectivity index (χ0) is 26.7. The number of nitrogen functional groups attached to an aromatic ring is 1. The molecule has 2 aromatic rings. The van der Waals surface area contributed by atoms with E-state index in [9.17, 15) is 19.5 Å². The number of esters is 1. The average molecular weight is 511 g/mol. The molecule has 3 atom stereocenters. The molecular weight excluding hydrogens is 476 g/mol. The number of hydrogen-bond acceptors (Lipinski definition) is 11. The van der Waals surface area contributed by atoms with Gasteiger partial charge in [0.15, 0.2) is 11.9 Å². The highest BCUT2D eigenvalue weighted by molar-refractivity contribution is 5.70. The van der Waals surface area contributed by atoms with Crippen molar-refractivity contribution in [1.82, 2.24) is 14.6 Å². The minimum absolute atomic E-state index is 0.0486. The molecule has 0 unspecified atom stereocenters. The van der Waals surface area contributed by atoms with E-state index in [4.69, 9.17) is 29.8 Å². The number of nitrogens with zero attached hydrogens (tertiary/aromatic N) is 3. The van der Waals surface area contributed by atoms with Crippen LogP contribution in [-0.2, 0) is 28.5 Å². The Morgan fingerprint density at radius 3 is 2.42 bits per heavy atom. The molecule has 2 aromatic heterocycles. The number of carbonyl (C=O) groups excluding carboxylic acids is 2. The molecule has 2 rings (SSSR count). The molecule has 13 heteroatoms. The Morgan fingerprint density at radius 1 is 1.08 bits per heavy atom. The summed E-state index contributed by atoms with van der Waals surface area (Å²) in [5, 5.41) is 24.0. The van der Waals surface area contributed by atoms with Gasteiger partial charge in [-0.2, -0.15) is 5.10 Å². The number of aliphatic carboxylic acids is 1. The van der Waals surface area contributed by atoms with Crippen LogP contribution >= 0.6 is 0 Å². The lowest BCUT2D eigenvalue weighted by Gasteiger charge is -2.29. The van der Waals surface area contributed by atoms with Crippen molar-refractivity contribution in [3.8, 4) is 0 Å². The highest BCUT2D eigenvalue weighted by Gasteiger charge is 2.36. The van der Waals surface area contributed by atoms with E-state index in [2.05, 4.69) is 10.1 Å². The van der Waals surface area contributed by atoms with Gasteiger partial charge in [0.05, 0.1) is 11.8 Å². The van der Waals surface area contributed by atoms with E-state index in [1.54, 1.807) is 26.0 Å². The molecule has 0 radical (unpaired) electrons. The van der Waals surface area contributed by atoms with Gasteiger partial charge < -0.3 is 34.9 Å². The first-order chi connectivity index (χ1) is 17.1. The van der Waals surface area contributed by atoms with Crippen LogP contribution in [-0.4, -0.2) is 74.9 Å². The number of anilines is 1. The Balaban J connectivity index is 2.14. The van der Waals surface area contributed by atoms with Crippen LogP contribution in [0.3, 0.4) is 0 Å². The van der Waals surface area contributed by atoms with Crippen LogP contribution in [0.15, 0.2) is 18.5 Å². The lowest BCUT2D eigenvalue weighted by atomic mass is 10.0. The first-order valence-corrected chi connectivity index (χ1v) is 11.7. The van der Waals surface area contributed by atoms with E-state index in [-0.39, 0.29) is 31.0 Å². The zero-order valence-electron chi connectivity index (χ0n) is 20.7. The Kier molecular flexibility index (Phi) is 11.3. The molecule has 0 amide bonds. The van der Waals surface area contributed by atoms with Gasteiger partial charge in [-0.15, -0.1) is 0 Å². The topological polar surface area (TPSA) is 185 Å². The summed E-state index contributed by atoms with van der Waals surface area (Å²) in [5.74, 6) is -1.26. The third-order valence-electron chi connectivity index (χ3n) is 5.28. The molecule has 2 heterocycles. The number of aliphatic hydroxyl groups is 1. The summed E-state index contributed by atoms with van der Waals surface area (Å²) in [4.78, 5) is 39.0. The number of carbonyl (C=O) groups is 3. The fraction of sp³-hybridized carbons (Fsp3) is 0.609. The molecule has 0 aliphatic heterocycles. The smallest absolute Gasteiger partial charge is 0.481 e. The number of carboxylic acids is 1. The minimum Gasteiger partial charge on any atom is -0.481 e. The van der Waals surface area contributed by atoms with Gasteiger partial charge in [0, 0.05) is 20.0 Å². The van der Waals surface area contributed by atoms with E-state index in [1.165, 1.54) is 18.0 Å². The Morgan fingerprint density at radius 2 is 1.78 bits per heavy atom. The van der Waals surface area contributed by atoms with Crippen LogP contribution in [0.5, 0.6) is 0 Å². The Bertz CT molecular complexity index is 1010. The van der Waals surface area contributed by atoms with Crippen molar-refractivity contribution in [2.24, 2.45) is 0 Å². The number of aromatic nitrogens is 3. The average Bonchev–Trinajstić information content (AvgIpc) is 3.25. The predicted molar refractivity (Wildman–Crippen MR) is 126 cm³/mol. The van der Waals surface area contributed by atoms with Crippen LogP contribution in [0.1, 0.15) is 64.2 Å². The third-order valence-corrected chi connectivity index (χ3v) is 5.28. The standard InChI is InChI=1S/C23H34N4O9/c1-14(2)35-23(32)34-12-17(33-3)21(36-19(30)9-7-5-4-6-8-18(28)29)20(31)15-10-11-16-22(24)25-13-26-27(15)16/h10-11,13-14,17,20-21,31H,4-9,12H2,1-3H3,(H,28,29)(H2,24,25,26)/t17-,20+,21-/m1/s1. The predicted octanol–water partition coefficient (Wildman–Crippen LogP) is 2.26. The SMILES string of the molecule is CO[C@H](COC(=O)OC(C)C)[C@@H](OC(=O)CCCCCCC(=O)O)[C@@H](O)c1ccc2c(N)ncnn12. The molecule has 200 valence electrons. The van der Waals surface area contributed by atoms with Gasteiger partial charge in [0.25, 0.3) is 0 Å².